The minimum atomic E-state index is -3.93. The number of aliphatic imine (C=N–C) groups is 1. The van der Waals surface area contributed by atoms with Gasteiger partial charge in [0.15, 0.2) is 0 Å². The van der Waals surface area contributed by atoms with Crippen LogP contribution in [0.4, 0.5) is 0 Å². The maximum atomic E-state index is 12.8. The minimum Gasteiger partial charge on any atom is -0.273 e. The Morgan fingerprint density at radius 2 is 1.62 bits per heavy atom. The highest BCUT2D eigenvalue weighted by molar-refractivity contribution is 7.90. The van der Waals surface area contributed by atoms with Crippen molar-refractivity contribution in [3.8, 4) is 0 Å². The lowest BCUT2D eigenvalue weighted by molar-refractivity contribution is -0.124. The second-order valence-corrected chi connectivity index (χ2v) is 7.57. The molecule has 0 N–H and O–H groups in total. The number of amides is 1. The van der Waals surface area contributed by atoms with Gasteiger partial charge in [-0.05, 0) is 31.5 Å². The Morgan fingerprint density at radius 3 is 2.21 bits per heavy atom. The number of sulfonamides is 1. The zero-order valence-electron chi connectivity index (χ0n) is 13.5. The van der Waals surface area contributed by atoms with E-state index in [1.165, 1.54) is 12.1 Å². The third-order valence-corrected chi connectivity index (χ3v) is 5.79. The smallest absolute Gasteiger partial charge is 0.271 e. The molecule has 6 heteroatoms. The lowest BCUT2D eigenvalue weighted by Gasteiger charge is -2.29. The molecule has 1 atom stereocenters. The van der Waals surface area contributed by atoms with E-state index in [0.29, 0.717) is 0 Å². The van der Waals surface area contributed by atoms with Crippen molar-refractivity contribution in [2.75, 3.05) is 0 Å². The van der Waals surface area contributed by atoms with Crippen molar-refractivity contribution in [1.82, 2.24) is 4.31 Å². The molecule has 0 aromatic heterocycles. The first-order chi connectivity index (χ1) is 11.4. The Balaban J connectivity index is 1.97. The first-order valence-electron chi connectivity index (χ1n) is 7.64. The van der Waals surface area contributed by atoms with Gasteiger partial charge in [-0.15, -0.1) is 0 Å². The summed E-state index contributed by atoms with van der Waals surface area (Å²) in [4.78, 5) is 17.1. The molecule has 5 nitrogen and oxygen atoms in total. The fourth-order valence-electron chi connectivity index (χ4n) is 2.74. The molecule has 24 heavy (non-hydrogen) atoms. The van der Waals surface area contributed by atoms with Crippen LogP contribution in [0, 0.1) is 6.92 Å². The molecule has 1 heterocycles. The number of carbonyl (C=O) groups is 1. The summed E-state index contributed by atoms with van der Waals surface area (Å²) in [6.45, 7) is 3.43. The van der Waals surface area contributed by atoms with E-state index in [-0.39, 0.29) is 23.2 Å². The number of aryl methyl sites for hydroxylation is 1. The van der Waals surface area contributed by atoms with Gasteiger partial charge in [0.2, 0.25) is 5.91 Å². The molecule has 0 saturated carbocycles. The number of hydrogen-bond donors (Lipinski definition) is 0. The normalized spacial score (nSPS) is 18.4. The quantitative estimate of drug-likeness (QED) is 0.861. The van der Waals surface area contributed by atoms with Crippen molar-refractivity contribution in [2.24, 2.45) is 4.99 Å². The lowest BCUT2D eigenvalue weighted by atomic mass is 10.0. The van der Waals surface area contributed by atoms with E-state index in [1.807, 2.05) is 37.3 Å². The molecule has 0 bridgehead atoms. The fourth-order valence-corrected chi connectivity index (χ4v) is 4.17. The van der Waals surface area contributed by atoms with Gasteiger partial charge in [-0.3, -0.25) is 9.79 Å². The molecule has 0 fully saturated rings. The van der Waals surface area contributed by atoms with Gasteiger partial charge in [0, 0.05) is 0 Å². The highest BCUT2D eigenvalue weighted by atomic mass is 32.2. The van der Waals surface area contributed by atoms with Crippen LogP contribution >= 0.6 is 0 Å². The number of amidine groups is 1. The van der Waals surface area contributed by atoms with Gasteiger partial charge in [-0.2, -0.15) is 4.31 Å². The van der Waals surface area contributed by atoms with Gasteiger partial charge in [0.1, 0.15) is 5.84 Å². The maximum absolute atomic E-state index is 12.8. The van der Waals surface area contributed by atoms with Crippen molar-refractivity contribution < 1.29 is 13.2 Å². The Bertz CT molecular complexity index is 888. The molecule has 0 aliphatic carbocycles. The van der Waals surface area contributed by atoms with Crippen molar-refractivity contribution in [3.05, 3.63) is 65.7 Å². The largest absolute Gasteiger partial charge is 0.273 e. The van der Waals surface area contributed by atoms with Crippen LogP contribution in [-0.2, 0) is 14.8 Å². The van der Waals surface area contributed by atoms with Crippen LogP contribution in [0.3, 0.4) is 0 Å². The van der Waals surface area contributed by atoms with Crippen LogP contribution in [-0.4, -0.2) is 24.5 Å². The van der Waals surface area contributed by atoms with Crippen molar-refractivity contribution in [3.63, 3.8) is 0 Å². The van der Waals surface area contributed by atoms with Crippen LogP contribution in [0.5, 0.6) is 0 Å². The summed E-state index contributed by atoms with van der Waals surface area (Å²) in [6, 6.07) is 15.5. The van der Waals surface area contributed by atoms with Crippen LogP contribution in [0.2, 0.25) is 0 Å². The molecule has 3 rings (SSSR count). The number of carbonyl (C=O) groups excluding carboxylic acids is 1. The van der Waals surface area contributed by atoms with Gasteiger partial charge < -0.3 is 0 Å². The third kappa shape index (κ3) is 2.97. The van der Waals surface area contributed by atoms with Crippen molar-refractivity contribution in [2.45, 2.75) is 31.2 Å². The molecule has 1 amide bonds. The predicted molar refractivity (Wildman–Crippen MR) is 92.1 cm³/mol. The summed E-state index contributed by atoms with van der Waals surface area (Å²) in [5, 5.41) is 0. The van der Waals surface area contributed by atoms with Gasteiger partial charge in [0.05, 0.1) is 17.4 Å². The Hall–Kier alpha value is -2.47. The molecule has 0 saturated heterocycles. The average molecular weight is 342 g/mol. The molecule has 2 aromatic carbocycles. The fraction of sp³-hybridized carbons (Fsp3) is 0.222. The molecular weight excluding hydrogens is 324 g/mol. The summed E-state index contributed by atoms with van der Waals surface area (Å²) >= 11 is 0. The summed E-state index contributed by atoms with van der Waals surface area (Å²) in [6.07, 6.45) is 0.0342. The zero-order chi connectivity index (χ0) is 17.3. The van der Waals surface area contributed by atoms with Crippen LogP contribution in [0.25, 0.3) is 0 Å². The standard InChI is InChI=1S/C18H18N2O3S/c1-13-8-10-16(11-9-13)24(22,23)20-14(2)19-17(12-18(20)21)15-6-4-3-5-7-15/h3-11,17H,12H2,1-2H3. The first kappa shape index (κ1) is 16.4. The van der Waals surface area contributed by atoms with Crippen molar-refractivity contribution >= 4 is 21.8 Å². The topological polar surface area (TPSA) is 66.8 Å². The highest BCUT2D eigenvalue weighted by Crippen LogP contribution is 2.29. The number of rotatable bonds is 3. The molecule has 1 aliphatic rings. The Labute approximate surface area is 141 Å². The lowest BCUT2D eigenvalue weighted by Crippen LogP contribution is -2.43. The van der Waals surface area contributed by atoms with Gasteiger partial charge >= 0.3 is 0 Å². The van der Waals surface area contributed by atoms with Gasteiger partial charge in [-0.1, -0.05) is 48.0 Å². The molecule has 1 aliphatic heterocycles. The SMILES string of the molecule is CC1=NC(c2ccccc2)CC(=O)N1S(=O)(=O)c1ccc(C)cc1. The zero-order valence-corrected chi connectivity index (χ0v) is 14.3. The minimum absolute atomic E-state index is 0.0342. The van der Waals surface area contributed by atoms with Gasteiger partial charge in [-0.25, -0.2) is 8.42 Å². The highest BCUT2D eigenvalue weighted by Gasteiger charge is 2.36. The summed E-state index contributed by atoms with van der Waals surface area (Å²) < 4.78 is 26.4. The van der Waals surface area contributed by atoms with E-state index in [1.54, 1.807) is 19.1 Å². The Kier molecular flexibility index (Phi) is 4.24. The second kappa shape index (κ2) is 6.20. The van der Waals surface area contributed by atoms with Crippen LogP contribution in [0.15, 0.2) is 64.5 Å². The van der Waals surface area contributed by atoms with Crippen molar-refractivity contribution in [1.29, 1.82) is 0 Å². The van der Waals surface area contributed by atoms with E-state index in [0.717, 1.165) is 15.4 Å². The molecule has 124 valence electrons. The summed E-state index contributed by atoms with van der Waals surface area (Å²) in [5.41, 5.74) is 1.85. The van der Waals surface area contributed by atoms with E-state index in [4.69, 9.17) is 0 Å². The molecular formula is C18H18N2O3S. The first-order valence-corrected chi connectivity index (χ1v) is 9.08. The van der Waals surface area contributed by atoms with Gasteiger partial charge in [0.25, 0.3) is 10.0 Å². The van der Waals surface area contributed by atoms with E-state index in [2.05, 4.69) is 4.99 Å². The molecule has 1 unspecified atom stereocenters. The molecule has 0 spiro atoms. The average Bonchev–Trinajstić information content (AvgIpc) is 2.55. The third-order valence-electron chi connectivity index (χ3n) is 3.97. The van der Waals surface area contributed by atoms with Crippen LogP contribution in [0.1, 0.15) is 30.5 Å². The number of hydrogen-bond acceptors (Lipinski definition) is 4. The summed E-state index contributed by atoms with van der Waals surface area (Å²) in [7, 11) is -3.93. The van der Waals surface area contributed by atoms with E-state index in [9.17, 15) is 13.2 Å². The number of benzene rings is 2. The second-order valence-electron chi connectivity index (χ2n) is 5.78. The summed E-state index contributed by atoms with van der Waals surface area (Å²) in [5.74, 6) is -0.266. The monoisotopic (exact) mass is 342 g/mol. The van der Waals surface area contributed by atoms with E-state index < -0.39 is 15.9 Å². The molecule has 2 aromatic rings. The van der Waals surface area contributed by atoms with E-state index >= 15 is 0 Å². The maximum Gasteiger partial charge on any atom is 0.271 e. The molecule has 0 radical (unpaired) electrons. The predicted octanol–water partition coefficient (Wildman–Crippen LogP) is 3.08. The number of nitrogens with zero attached hydrogens (tertiary/aromatic N) is 2. The Morgan fingerprint density at radius 1 is 1.00 bits per heavy atom. The van der Waals surface area contributed by atoms with Crippen LogP contribution < -0.4 is 0 Å².